The number of rotatable bonds is 4. The van der Waals surface area contributed by atoms with Crippen molar-refractivity contribution in [2.24, 2.45) is 0 Å². The molecule has 1 fully saturated rings. The van der Waals surface area contributed by atoms with E-state index in [9.17, 15) is 18.0 Å². The summed E-state index contributed by atoms with van der Waals surface area (Å²) in [7, 11) is -3.05. The highest BCUT2D eigenvalue weighted by molar-refractivity contribution is 8.00. The maximum atomic E-state index is 12.9. The zero-order chi connectivity index (χ0) is 17.3. The van der Waals surface area contributed by atoms with E-state index in [0.29, 0.717) is 30.0 Å². The molecule has 2 aliphatic heterocycles. The molecule has 24 heavy (non-hydrogen) atoms. The van der Waals surface area contributed by atoms with E-state index < -0.39 is 9.84 Å². The van der Waals surface area contributed by atoms with Crippen LogP contribution in [0, 0.1) is 0 Å². The first-order valence-electron chi connectivity index (χ1n) is 7.97. The number of benzene rings is 1. The Morgan fingerprint density at radius 2 is 2.21 bits per heavy atom. The third-order valence-corrected chi connectivity index (χ3v) is 7.06. The molecular weight excluding hydrogens is 348 g/mol. The van der Waals surface area contributed by atoms with E-state index in [-0.39, 0.29) is 29.4 Å². The monoisotopic (exact) mass is 368 g/mol. The summed E-state index contributed by atoms with van der Waals surface area (Å²) in [5, 5.41) is 2.78. The first kappa shape index (κ1) is 17.3. The van der Waals surface area contributed by atoms with Crippen molar-refractivity contribution < 1.29 is 18.0 Å². The molecule has 6 nitrogen and oxygen atoms in total. The molecule has 0 aromatic heterocycles. The van der Waals surface area contributed by atoms with Gasteiger partial charge in [0.15, 0.2) is 9.84 Å². The van der Waals surface area contributed by atoms with E-state index in [1.807, 2.05) is 13.0 Å². The minimum atomic E-state index is -3.05. The van der Waals surface area contributed by atoms with Gasteiger partial charge in [-0.25, -0.2) is 8.42 Å². The molecule has 1 saturated heterocycles. The zero-order valence-electron chi connectivity index (χ0n) is 13.4. The Morgan fingerprint density at radius 3 is 2.88 bits per heavy atom. The van der Waals surface area contributed by atoms with Gasteiger partial charge in [-0.05, 0) is 31.0 Å². The molecule has 2 aliphatic rings. The highest BCUT2D eigenvalue weighted by atomic mass is 32.2. The summed E-state index contributed by atoms with van der Waals surface area (Å²) >= 11 is 1.44. The summed E-state index contributed by atoms with van der Waals surface area (Å²) in [6, 6.07) is 5.01. The van der Waals surface area contributed by atoms with Crippen LogP contribution in [0.5, 0.6) is 0 Å². The van der Waals surface area contributed by atoms with Gasteiger partial charge in [-0.2, -0.15) is 0 Å². The predicted molar refractivity (Wildman–Crippen MR) is 94.2 cm³/mol. The SMILES string of the molecule is CCCN(C(=O)c1ccc2c(c1)NC(=O)CS2)[C@H]1CCS(=O)(=O)C1. The fraction of sp³-hybridized carbons (Fsp3) is 0.500. The third kappa shape index (κ3) is 3.59. The van der Waals surface area contributed by atoms with Crippen LogP contribution in [-0.2, 0) is 14.6 Å². The molecule has 2 heterocycles. The largest absolute Gasteiger partial charge is 0.335 e. The van der Waals surface area contributed by atoms with Crippen LogP contribution in [0.4, 0.5) is 5.69 Å². The standard InChI is InChI=1S/C16H20N2O4S2/c1-2-6-18(12-5-7-24(21,22)10-12)16(20)11-3-4-14-13(8-11)17-15(19)9-23-14/h3-4,8,12H,2,5-7,9-10H2,1H3,(H,17,19)/t12-/m0/s1. The topological polar surface area (TPSA) is 83.6 Å². The van der Waals surface area contributed by atoms with Crippen LogP contribution in [0.2, 0.25) is 0 Å². The average Bonchev–Trinajstić information content (AvgIpc) is 2.91. The van der Waals surface area contributed by atoms with Crippen molar-refractivity contribution in [1.82, 2.24) is 4.90 Å². The van der Waals surface area contributed by atoms with Gasteiger partial charge in [0, 0.05) is 23.0 Å². The molecule has 1 aromatic rings. The summed E-state index contributed by atoms with van der Waals surface area (Å²) < 4.78 is 23.5. The van der Waals surface area contributed by atoms with Crippen molar-refractivity contribution in [1.29, 1.82) is 0 Å². The van der Waals surface area contributed by atoms with Crippen LogP contribution in [0.3, 0.4) is 0 Å². The second-order valence-corrected chi connectivity index (χ2v) is 9.35. The van der Waals surface area contributed by atoms with E-state index in [4.69, 9.17) is 0 Å². The predicted octanol–water partition coefficient (Wildman–Crippen LogP) is 1.77. The minimum absolute atomic E-state index is 0.0380. The van der Waals surface area contributed by atoms with Crippen LogP contribution in [0.1, 0.15) is 30.1 Å². The van der Waals surface area contributed by atoms with Gasteiger partial charge >= 0.3 is 0 Å². The lowest BCUT2D eigenvalue weighted by Crippen LogP contribution is -2.41. The van der Waals surface area contributed by atoms with Crippen molar-refractivity contribution in [2.45, 2.75) is 30.7 Å². The van der Waals surface area contributed by atoms with Gasteiger partial charge in [0.1, 0.15) is 0 Å². The summed E-state index contributed by atoms with van der Waals surface area (Å²) in [5.41, 5.74) is 1.13. The van der Waals surface area contributed by atoms with Gasteiger partial charge in [-0.1, -0.05) is 6.92 Å². The Morgan fingerprint density at radius 1 is 1.42 bits per heavy atom. The number of fused-ring (bicyclic) bond motifs is 1. The molecular formula is C16H20N2O4S2. The minimum Gasteiger partial charge on any atom is -0.335 e. The van der Waals surface area contributed by atoms with Crippen molar-refractivity contribution in [2.75, 3.05) is 29.1 Å². The molecule has 3 rings (SSSR count). The molecule has 0 bridgehead atoms. The lowest BCUT2D eigenvalue weighted by atomic mass is 10.1. The summed E-state index contributed by atoms with van der Waals surface area (Å²) in [5.74, 6) is 0.302. The van der Waals surface area contributed by atoms with Crippen LogP contribution in [0.25, 0.3) is 0 Å². The number of nitrogens with one attached hydrogen (secondary N) is 1. The fourth-order valence-corrected chi connectivity index (χ4v) is 5.61. The Bertz CT molecular complexity index is 776. The quantitative estimate of drug-likeness (QED) is 0.876. The molecule has 1 aromatic carbocycles. The number of anilines is 1. The van der Waals surface area contributed by atoms with Gasteiger partial charge in [-0.15, -0.1) is 11.8 Å². The Labute approximate surface area is 145 Å². The van der Waals surface area contributed by atoms with Crippen LogP contribution >= 0.6 is 11.8 Å². The second-order valence-electron chi connectivity index (χ2n) is 6.10. The summed E-state index contributed by atoms with van der Waals surface area (Å²) in [6.07, 6.45) is 1.26. The van der Waals surface area contributed by atoms with Crippen LogP contribution in [-0.4, -0.2) is 55.0 Å². The van der Waals surface area contributed by atoms with E-state index in [1.165, 1.54) is 11.8 Å². The summed E-state index contributed by atoms with van der Waals surface area (Å²) in [4.78, 5) is 27.1. The molecule has 2 amide bonds. The van der Waals surface area contributed by atoms with Gasteiger partial charge in [0.05, 0.1) is 22.9 Å². The highest BCUT2D eigenvalue weighted by Gasteiger charge is 2.34. The smallest absolute Gasteiger partial charge is 0.254 e. The normalized spacial score (nSPS) is 21.9. The fourth-order valence-electron chi connectivity index (χ4n) is 3.09. The molecule has 0 radical (unpaired) electrons. The Kier molecular flexibility index (Phi) is 4.87. The van der Waals surface area contributed by atoms with Crippen LogP contribution in [0.15, 0.2) is 23.1 Å². The van der Waals surface area contributed by atoms with Crippen molar-refractivity contribution in [3.8, 4) is 0 Å². The molecule has 0 unspecified atom stereocenters. The molecule has 0 saturated carbocycles. The average molecular weight is 368 g/mol. The van der Waals surface area contributed by atoms with Gasteiger partial charge in [0.2, 0.25) is 5.91 Å². The number of hydrogen-bond acceptors (Lipinski definition) is 5. The number of sulfone groups is 1. The Hall–Kier alpha value is -1.54. The van der Waals surface area contributed by atoms with E-state index in [0.717, 1.165) is 11.3 Å². The lowest BCUT2D eigenvalue weighted by Gasteiger charge is -2.28. The van der Waals surface area contributed by atoms with Crippen LogP contribution < -0.4 is 5.32 Å². The maximum absolute atomic E-state index is 12.9. The number of carbonyl (C=O) groups excluding carboxylic acids is 2. The van der Waals surface area contributed by atoms with Crippen molar-refractivity contribution in [3.63, 3.8) is 0 Å². The summed E-state index contributed by atoms with van der Waals surface area (Å²) in [6.45, 7) is 2.49. The van der Waals surface area contributed by atoms with E-state index in [1.54, 1.807) is 17.0 Å². The number of thioether (sulfide) groups is 1. The van der Waals surface area contributed by atoms with E-state index in [2.05, 4.69) is 5.32 Å². The molecule has 8 heteroatoms. The number of carbonyl (C=O) groups is 2. The molecule has 0 spiro atoms. The van der Waals surface area contributed by atoms with Gasteiger partial charge in [0.25, 0.3) is 5.91 Å². The zero-order valence-corrected chi connectivity index (χ0v) is 15.1. The molecule has 0 aliphatic carbocycles. The van der Waals surface area contributed by atoms with Crippen molar-refractivity contribution >= 4 is 39.1 Å². The number of amides is 2. The number of hydrogen-bond donors (Lipinski definition) is 1. The number of nitrogens with zero attached hydrogens (tertiary/aromatic N) is 1. The maximum Gasteiger partial charge on any atom is 0.254 e. The Balaban J connectivity index is 1.85. The third-order valence-electron chi connectivity index (χ3n) is 4.23. The molecule has 1 atom stereocenters. The second kappa shape index (κ2) is 6.76. The first-order valence-corrected chi connectivity index (χ1v) is 10.8. The van der Waals surface area contributed by atoms with Gasteiger partial charge < -0.3 is 10.2 Å². The molecule has 1 N–H and O–H groups in total. The molecule has 130 valence electrons. The van der Waals surface area contributed by atoms with Gasteiger partial charge in [-0.3, -0.25) is 9.59 Å². The van der Waals surface area contributed by atoms with E-state index >= 15 is 0 Å². The first-order chi connectivity index (χ1) is 11.4. The lowest BCUT2D eigenvalue weighted by molar-refractivity contribution is -0.113. The highest BCUT2D eigenvalue weighted by Crippen LogP contribution is 2.32. The van der Waals surface area contributed by atoms with Crippen molar-refractivity contribution in [3.05, 3.63) is 23.8 Å².